The standard InChI is InChI=1S/C19H27NO4S/c1-14(2)24-18-13-16(15-7-4-5-8-15)9-10-17(18)19(21)20-11-6-12-25(3,22)23/h6,9-10,12-15H,4-5,7-8,11H2,1-3H3,(H,20,21)/b12-6+. The zero-order valence-electron chi connectivity index (χ0n) is 15.1. The molecule has 0 atom stereocenters. The van der Waals surface area contributed by atoms with Crippen molar-refractivity contribution in [1.29, 1.82) is 0 Å². The van der Waals surface area contributed by atoms with Crippen molar-refractivity contribution in [2.75, 3.05) is 12.8 Å². The van der Waals surface area contributed by atoms with Crippen molar-refractivity contribution in [3.8, 4) is 5.75 Å². The van der Waals surface area contributed by atoms with Crippen molar-refractivity contribution >= 4 is 15.7 Å². The minimum absolute atomic E-state index is 0.0319. The van der Waals surface area contributed by atoms with E-state index in [1.165, 1.54) is 37.3 Å². The molecule has 0 saturated heterocycles. The summed E-state index contributed by atoms with van der Waals surface area (Å²) in [6, 6.07) is 5.79. The van der Waals surface area contributed by atoms with Gasteiger partial charge in [0.1, 0.15) is 5.75 Å². The lowest BCUT2D eigenvalue weighted by molar-refractivity contribution is 0.0952. The van der Waals surface area contributed by atoms with Crippen molar-refractivity contribution in [2.24, 2.45) is 0 Å². The summed E-state index contributed by atoms with van der Waals surface area (Å²) < 4.78 is 28.0. The number of hydrogen-bond donors (Lipinski definition) is 1. The predicted octanol–water partition coefficient (Wildman–Crippen LogP) is 3.42. The highest BCUT2D eigenvalue weighted by molar-refractivity contribution is 7.93. The lowest BCUT2D eigenvalue weighted by Crippen LogP contribution is -2.24. The third kappa shape index (κ3) is 6.20. The summed E-state index contributed by atoms with van der Waals surface area (Å²) in [4.78, 5) is 12.4. The maximum absolute atomic E-state index is 12.4. The number of ether oxygens (including phenoxy) is 1. The van der Waals surface area contributed by atoms with Gasteiger partial charge in [0.05, 0.1) is 11.7 Å². The first-order valence-electron chi connectivity index (χ1n) is 8.71. The van der Waals surface area contributed by atoms with Gasteiger partial charge in [0.25, 0.3) is 5.91 Å². The molecule has 1 aromatic carbocycles. The first-order chi connectivity index (χ1) is 11.8. The van der Waals surface area contributed by atoms with Gasteiger partial charge in [0, 0.05) is 18.2 Å². The average molecular weight is 365 g/mol. The SMILES string of the molecule is CC(C)Oc1cc(C2CCCC2)ccc1C(=O)NC/C=C/S(C)(=O)=O. The van der Waals surface area contributed by atoms with Crippen molar-refractivity contribution in [3.05, 3.63) is 40.8 Å². The molecule has 6 heteroatoms. The van der Waals surface area contributed by atoms with E-state index >= 15 is 0 Å². The molecule has 0 unspecified atom stereocenters. The Labute approximate surface area is 150 Å². The molecule has 0 aliphatic heterocycles. The lowest BCUT2D eigenvalue weighted by atomic mass is 9.96. The van der Waals surface area contributed by atoms with E-state index in [0.717, 1.165) is 11.7 Å². The summed E-state index contributed by atoms with van der Waals surface area (Å²) in [5, 5.41) is 3.79. The molecule has 25 heavy (non-hydrogen) atoms. The Balaban J connectivity index is 2.14. The Morgan fingerprint density at radius 1 is 1.32 bits per heavy atom. The van der Waals surface area contributed by atoms with Crippen molar-refractivity contribution in [1.82, 2.24) is 5.32 Å². The molecule has 1 saturated carbocycles. The van der Waals surface area contributed by atoms with E-state index in [0.29, 0.717) is 17.2 Å². The zero-order chi connectivity index (χ0) is 18.4. The van der Waals surface area contributed by atoms with Gasteiger partial charge in [-0.3, -0.25) is 4.79 Å². The summed E-state index contributed by atoms with van der Waals surface area (Å²) in [5.41, 5.74) is 1.70. The quantitative estimate of drug-likeness (QED) is 0.803. The molecule has 2 rings (SSSR count). The molecule has 138 valence electrons. The summed E-state index contributed by atoms with van der Waals surface area (Å²) in [6.07, 6.45) is 7.37. The Morgan fingerprint density at radius 3 is 2.60 bits per heavy atom. The number of amides is 1. The van der Waals surface area contributed by atoms with Crippen LogP contribution in [-0.4, -0.2) is 33.2 Å². The van der Waals surface area contributed by atoms with Gasteiger partial charge in [-0.1, -0.05) is 25.0 Å². The van der Waals surface area contributed by atoms with Crippen LogP contribution in [0.25, 0.3) is 0 Å². The Kier molecular flexibility index (Phi) is 6.64. The Morgan fingerprint density at radius 2 is 2.00 bits per heavy atom. The number of rotatable bonds is 7. The number of nitrogens with one attached hydrogen (secondary N) is 1. The fourth-order valence-electron chi connectivity index (χ4n) is 3.06. The topological polar surface area (TPSA) is 72.5 Å². The fourth-order valence-corrected chi connectivity index (χ4v) is 3.51. The minimum Gasteiger partial charge on any atom is -0.490 e. The van der Waals surface area contributed by atoms with E-state index < -0.39 is 9.84 Å². The maximum Gasteiger partial charge on any atom is 0.255 e. The van der Waals surface area contributed by atoms with Gasteiger partial charge in [-0.25, -0.2) is 8.42 Å². The highest BCUT2D eigenvalue weighted by Crippen LogP contribution is 2.36. The van der Waals surface area contributed by atoms with Crippen LogP contribution in [0.3, 0.4) is 0 Å². The molecule has 1 aliphatic rings. The number of carbonyl (C=O) groups excluding carboxylic acids is 1. The van der Waals surface area contributed by atoms with E-state index in [-0.39, 0.29) is 18.6 Å². The molecule has 0 spiro atoms. The third-order valence-corrected chi connectivity index (χ3v) is 4.85. The zero-order valence-corrected chi connectivity index (χ0v) is 15.9. The summed E-state index contributed by atoms with van der Waals surface area (Å²) in [7, 11) is -3.18. The van der Waals surface area contributed by atoms with Crippen LogP contribution < -0.4 is 10.1 Å². The smallest absolute Gasteiger partial charge is 0.255 e. The van der Waals surface area contributed by atoms with Gasteiger partial charge in [0.15, 0.2) is 9.84 Å². The van der Waals surface area contributed by atoms with Gasteiger partial charge in [-0.2, -0.15) is 0 Å². The summed E-state index contributed by atoms with van der Waals surface area (Å²) in [5.74, 6) is 0.861. The van der Waals surface area contributed by atoms with Crippen LogP contribution in [0.4, 0.5) is 0 Å². The van der Waals surface area contributed by atoms with Gasteiger partial charge >= 0.3 is 0 Å². The number of hydrogen-bond acceptors (Lipinski definition) is 4. The van der Waals surface area contributed by atoms with Gasteiger partial charge in [-0.05, 0) is 50.3 Å². The Bertz CT molecular complexity index is 732. The van der Waals surface area contributed by atoms with E-state index in [1.54, 1.807) is 6.07 Å². The number of benzene rings is 1. The fraction of sp³-hybridized carbons (Fsp3) is 0.526. The third-order valence-electron chi connectivity index (χ3n) is 4.16. The summed E-state index contributed by atoms with van der Waals surface area (Å²) in [6.45, 7) is 4.01. The highest BCUT2D eigenvalue weighted by Gasteiger charge is 2.20. The molecule has 5 nitrogen and oxygen atoms in total. The van der Waals surface area contributed by atoms with Gasteiger partial charge in [0.2, 0.25) is 0 Å². The monoisotopic (exact) mass is 365 g/mol. The number of sulfone groups is 1. The first kappa shape index (κ1) is 19.5. The predicted molar refractivity (Wildman–Crippen MR) is 99.7 cm³/mol. The lowest BCUT2D eigenvalue weighted by Gasteiger charge is -2.17. The molecular weight excluding hydrogens is 338 g/mol. The van der Waals surface area contributed by atoms with E-state index in [4.69, 9.17) is 4.74 Å². The van der Waals surface area contributed by atoms with Crippen molar-refractivity contribution in [2.45, 2.75) is 51.6 Å². The van der Waals surface area contributed by atoms with Gasteiger partial charge < -0.3 is 10.1 Å². The number of carbonyl (C=O) groups is 1. The molecule has 1 fully saturated rings. The van der Waals surface area contributed by atoms with E-state index in [1.807, 2.05) is 26.0 Å². The molecule has 0 radical (unpaired) electrons. The highest BCUT2D eigenvalue weighted by atomic mass is 32.2. The largest absolute Gasteiger partial charge is 0.490 e. The maximum atomic E-state index is 12.4. The van der Waals surface area contributed by atoms with Gasteiger partial charge in [-0.15, -0.1) is 0 Å². The molecule has 0 bridgehead atoms. The van der Waals surface area contributed by atoms with Crippen molar-refractivity contribution < 1.29 is 17.9 Å². The van der Waals surface area contributed by atoms with Crippen LogP contribution in [0.15, 0.2) is 29.7 Å². The molecule has 1 aliphatic carbocycles. The second kappa shape index (κ2) is 8.52. The first-order valence-corrected chi connectivity index (χ1v) is 10.7. The molecule has 1 amide bonds. The molecule has 1 aromatic rings. The molecule has 1 N–H and O–H groups in total. The second-order valence-electron chi connectivity index (χ2n) is 6.81. The van der Waals surface area contributed by atoms with Crippen LogP contribution >= 0.6 is 0 Å². The van der Waals surface area contributed by atoms with Crippen LogP contribution in [0.5, 0.6) is 5.75 Å². The van der Waals surface area contributed by atoms with Crippen LogP contribution in [0.2, 0.25) is 0 Å². The Hall–Kier alpha value is -1.82. The molecule has 0 aromatic heterocycles. The second-order valence-corrected chi connectivity index (χ2v) is 8.75. The van der Waals surface area contributed by atoms with Crippen LogP contribution in [0, 0.1) is 0 Å². The molecular formula is C19H27NO4S. The molecule has 0 heterocycles. The minimum atomic E-state index is -3.18. The van der Waals surface area contributed by atoms with Crippen LogP contribution in [0.1, 0.15) is 61.4 Å². The van der Waals surface area contributed by atoms with E-state index in [9.17, 15) is 13.2 Å². The normalized spacial score (nSPS) is 15.8. The average Bonchev–Trinajstić information content (AvgIpc) is 3.04. The van der Waals surface area contributed by atoms with Crippen molar-refractivity contribution in [3.63, 3.8) is 0 Å². The summed E-state index contributed by atoms with van der Waals surface area (Å²) >= 11 is 0. The van der Waals surface area contributed by atoms with E-state index in [2.05, 4.69) is 5.32 Å². The van der Waals surface area contributed by atoms with Crippen LogP contribution in [-0.2, 0) is 9.84 Å².